The summed E-state index contributed by atoms with van der Waals surface area (Å²) in [6, 6.07) is 0. The van der Waals surface area contributed by atoms with E-state index < -0.39 is 7.82 Å². The van der Waals surface area contributed by atoms with E-state index in [2.05, 4.69) is 9.05 Å². The summed E-state index contributed by atoms with van der Waals surface area (Å²) < 4.78 is 19.6. The van der Waals surface area contributed by atoms with Crippen LogP contribution in [-0.2, 0) is 30.1 Å². The summed E-state index contributed by atoms with van der Waals surface area (Å²) in [6.45, 7) is 4.06. The second kappa shape index (κ2) is 8.21. The van der Waals surface area contributed by atoms with E-state index in [1.54, 1.807) is 0 Å². The zero-order chi connectivity index (χ0) is 8.74. The Labute approximate surface area is 83.2 Å². The molecule has 0 aliphatic rings. The first-order valence-corrected chi connectivity index (χ1v) is 5.18. The van der Waals surface area contributed by atoms with Crippen molar-refractivity contribution in [2.75, 3.05) is 13.2 Å². The number of hydrogen-bond acceptors (Lipinski definition) is 4. The van der Waals surface area contributed by atoms with Gasteiger partial charge in [-0.15, -0.1) is 0 Å². The average Bonchev–Trinajstić information content (AvgIpc) is 1.97. The molecule has 0 unspecified atom stereocenters. The molecule has 0 aromatic rings. The first-order chi connectivity index (χ1) is 5.12. The maximum Gasteiger partial charge on any atom is 1.00 e. The fourth-order valence-electron chi connectivity index (χ4n) is 0.443. The molecule has 0 N–H and O–H groups in total. The average molecular weight is 240 g/mol. The van der Waals surface area contributed by atoms with Crippen LogP contribution in [0, 0.1) is 0 Å². The Morgan fingerprint density at radius 3 is 1.75 bits per heavy atom. The third kappa shape index (κ3) is 8.70. The molecule has 0 spiro atoms. The van der Waals surface area contributed by atoms with Gasteiger partial charge in [-0.2, -0.15) is 0 Å². The molecule has 0 aromatic heterocycles. The van der Waals surface area contributed by atoms with Crippen LogP contribution in [0.1, 0.15) is 26.7 Å². The van der Waals surface area contributed by atoms with Crippen molar-refractivity contribution in [1.29, 1.82) is 0 Å². The Kier molecular flexibility index (Phi) is 10.3. The van der Waals surface area contributed by atoms with Crippen molar-refractivity contribution < 1.29 is 35.0 Å². The monoisotopic (exact) mass is 239 g/mol. The molecule has 0 aliphatic heterocycles. The standard InChI is InChI=1S/C6H15O4P.Ni/c1-3-5-9-11(7,8)10-6-4-2;/h3-6H2,1-2H3,(H,7,8);/q;+1/p-1. The van der Waals surface area contributed by atoms with E-state index in [0.29, 0.717) is 12.8 Å². The topological polar surface area (TPSA) is 58.6 Å². The predicted octanol–water partition coefficient (Wildman–Crippen LogP) is 1.31. The van der Waals surface area contributed by atoms with E-state index in [4.69, 9.17) is 0 Å². The summed E-state index contributed by atoms with van der Waals surface area (Å²) in [4.78, 5) is 10.7. The summed E-state index contributed by atoms with van der Waals surface area (Å²) in [5.74, 6) is 0. The van der Waals surface area contributed by atoms with Gasteiger partial charge in [0.2, 0.25) is 0 Å². The van der Waals surface area contributed by atoms with Crippen molar-refractivity contribution >= 4 is 7.82 Å². The minimum Gasteiger partial charge on any atom is -0.756 e. The van der Waals surface area contributed by atoms with E-state index in [1.807, 2.05) is 13.8 Å². The van der Waals surface area contributed by atoms with Crippen molar-refractivity contribution in [3.8, 4) is 0 Å². The molecule has 0 rings (SSSR count). The van der Waals surface area contributed by atoms with Crippen molar-refractivity contribution in [3.63, 3.8) is 0 Å². The van der Waals surface area contributed by atoms with Crippen LogP contribution >= 0.6 is 7.82 Å². The van der Waals surface area contributed by atoms with Crippen molar-refractivity contribution in [2.45, 2.75) is 26.7 Å². The molecule has 12 heavy (non-hydrogen) atoms. The van der Waals surface area contributed by atoms with Gasteiger partial charge >= 0.3 is 16.5 Å². The number of phosphoric acid groups is 1. The summed E-state index contributed by atoms with van der Waals surface area (Å²) in [6.07, 6.45) is 1.34. The maximum atomic E-state index is 10.7. The van der Waals surface area contributed by atoms with E-state index in [-0.39, 0.29) is 29.7 Å². The normalized spacial score (nSPS) is 10.9. The van der Waals surface area contributed by atoms with Gasteiger partial charge < -0.3 is 13.9 Å². The predicted molar refractivity (Wildman–Crippen MR) is 40.1 cm³/mol. The van der Waals surface area contributed by atoms with E-state index in [1.165, 1.54) is 0 Å². The van der Waals surface area contributed by atoms with Gasteiger partial charge in [-0.25, -0.2) is 0 Å². The van der Waals surface area contributed by atoms with Crippen LogP contribution in [0.4, 0.5) is 0 Å². The zero-order valence-electron chi connectivity index (χ0n) is 7.22. The molecule has 0 atom stereocenters. The quantitative estimate of drug-likeness (QED) is 0.518. The van der Waals surface area contributed by atoms with Gasteiger partial charge in [0, 0.05) is 0 Å². The Morgan fingerprint density at radius 1 is 1.17 bits per heavy atom. The van der Waals surface area contributed by atoms with E-state index in [0.717, 1.165) is 0 Å². The minimum atomic E-state index is -3.98. The van der Waals surface area contributed by atoms with Gasteiger partial charge in [0.25, 0.3) is 7.82 Å². The second-order valence-electron chi connectivity index (χ2n) is 2.11. The zero-order valence-corrected chi connectivity index (χ0v) is 9.11. The molecule has 6 heteroatoms. The fraction of sp³-hybridized carbons (Fsp3) is 1.00. The third-order valence-corrected chi connectivity index (χ3v) is 1.90. The molecule has 0 aliphatic carbocycles. The molecule has 4 nitrogen and oxygen atoms in total. The van der Waals surface area contributed by atoms with Gasteiger partial charge in [0.15, 0.2) is 0 Å². The molecular weight excluding hydrogens is 226 g/mol. The van der Waals surface area contributed by atoms with Gasteiger partial charge in [0.05, 0.1) is 13.2 Å². The summed E-state index contributed by atoms with van der Waals surface area (Å²) in [7, 11) is -3.98. The van der Waals surface area contributed by atoms with Gasteiger partial charge in [-0.3, -0.25) is 4.57 Å². The van der Waals surface area contributed by atoms with Gasteiger partial charge in [0.1, 0.15) is 0 Å². The first kappa shape index (κ1) is 15.1. The van der Waals surface area contributed by atoms with E-state index >= 15 is 0 Å². The van der Waals surface area contributed by atoms with Crippen LogP contribution in [0.25, 0.3) is 0 Å². The van der Waals surface area contributed by atoms with Crippen molar-refractivity contribution in [3.05, 3.63) is 0 Å². The molecule has 0 saturated heterocycles. The molecule has 1 radical (unpaired) electrons. The SMILES string of the molecule is CCCOP(=O)([O-])OCCC.[Ni+]. The summed E-state index contributed by atoms with van der Waals surface area (Å²) in [5.41, 5.74) is 0. The largest absolute Gasteiger partial charge is 1.00 e. The van der Waals surface area contributed by atoms with Gasteiger partial charge in [-0.05, 0) is 12.8 Å². The molecule has 0 aromatic carbocycles. The van der Waals surface area contributed by atoms with Crippen LogP contribution in [-0.4, -0.2) is 13.2 Å². The van der Waals surface area contributed by atoms with Crippen LogP contribution in [0.5, 0.6) is 0 Å². The van der Waals surface area contributed by atoms with Crippen LogP contribution in [0.3, 0.4) is 0 Å². The molecule has 77 valence electrons. The second-order valence-corrected chi connectivity index (χ2v) is 3.52. The number of phosphoric ester groups is 1. The molecule has 0 saturated carbocycles. The Morgan fingerprint density at radius 2 is 1.50 bits per heavy atom. The van der Waals surface area contributed by atoms with E-state index in [9.17, 15) is 9.46 Å². The Balaban J connectivity index is 0. The van der Waals surface area contributed by atoms with Crippen LogP contribution in [0.15, 0.2) is 0 Å². The minimum absolute atomic E-state index is 0. The molecular formula is C6H14NiO4P. The maximum absolute atomic E-state index is 10.7. The molecule has 0 fully saturated rings. The molecule has 0 amide bonds. The van der Waals surface area contributed by atoms with Crippen molar-refractivity contribution in [2.24, 2.45) is 0 Å². The van der Waals surface area contributed by atoms with Crippen LogP contribution < -0.4 is 4.89 Å². The third-order valence-electron chi connectivity index (χ3n) is 0.907. The number of hydrogen-bond donors (Lipinski definition) is 0. The van der Waals surface area contributed by atoms with Gasteiger partial charge in [-0.1, -0.05) is 13.8 Å². The summed E-state index contributed by atoms with van der Waals surface area (Å²) in [5, 5.41) is 0. The fourth-order valence-corrected chi connectivity index (χ4v) is 1.33. The van der Waals surface area contributed by atoms with Crippen molar-refractivity contribution in [1.82, 2.24) is 0 Å². The Hall–Kier alpha value is 0.604. The summed E-state index contributed by atoms with van der Waals surface area (Å²) >= 11 is 0. The smallest absolute Gasteiger partial charge is 0.756 e. The molecule has 0 heterocycles. The van der Waals surface area contributed by atoms with Crippen LogP contribution in [0.2, 0.25) is 0 Å². The number of rotatable bonds is 6. The first-order valence-electron chi connectivity index (χ1n) is 3.72. The Bertz CT molecular complexity index is 130. The molecule has 0 bridgehead atoms.